The number of thiazole rings is 1. The lowest BCUT2D eigenvalue weighted by molar-refractivity contribution is -0.193. The van der Waals surface area contributed by atoms with Gasteiger partial charge in [0.25, 0.3) is 0 Å². The average Bonchev–Trinajstić information content (AvgIpc) is 3.43. The van der Waals surface area contributed by atoms with Crippen molar-refractivity contribution in [1.29, 1.82) is 0 Å². The van der Waals surface area contributed by atoms with Gasteiger partial charge in [0.2, 0.25) is 0 Å². The molecule has 0 saturated carbocycles. The molecule has 3 aromatic rings. The van der Waals surface area contributed by atoms with E-state index in [1.807, 2.05) is 42.3 Å². The fourth-order valence-corrected chi connectivity index (χ4v) is 3.38. The summed E-state index contributed by atoms with van der Waals surface area (Å²) in [7, 11) is 0. The molecule has 35 heavy (non-hydrogen) atoms. The van der Waals surface area contributed by atoms with Gasteiger partial charge in [-0.2, -0.15) is 26.3 Å². The summed E-state index contributed by atoms with van der Waals surface area (Å²) >= 11 is 1.71. The Bertz CT molecular complexity index is 1080. The molecule has 0 saturated heterocycles. The highest BCUT2D eigenvalue weighted by Crippen LogP contribution is 2.24. The molecule has 0 aliphatic carbocycles. The van der Waals surface area contributed by atoms with Crippen molar-refractivity contribution >= 4 is 23.3 Å². The Morgan fingerprint density at radius 3 is 2.00 bits per heavy atom. The maximum atomic E-state index is 10.6. The van der Waals surface area contributed by atoms with Crippen LogP contribution in [0.4, 0.5) is 26.3 Å². The molecule has 1 aliphatic heterocycles. The lowest BCUT2D eigenvalue weighted by Gasteiger charge is -2.27. The van der Waals surface area contributed by atoms with E-state index in [2.05, 4.69) is 24.4 Å². The van der Waals surface area contributed by atoms with E-state index in [1.54, 1.807) is 11.3 Å². The molecule has 4 rings (SSSR count). The smallest absolute Gasteiger partial charge is 0.475 e. The number of pyridine rings is 1. The van der Waals surface area contributed by atoms with E-state index in [-0.39, 0.29) is 0 Å². The fourth-order valence-electron chi connectivity index (χ4n) is 2.72. The summed E-state index contributed by atoms with van der Waals surface area (Å²) in [5.74, 6) is -4.38. The summed E-state index contributed by atoms with van der Waals surface area (Å²) in [6.45, 7) is 3.79. The van der Waals surface area contributed by atoms with E-state index in [1.165, 1.54) is 16.3 Å². The molecule has 0 aromatic carbocycles. The van der Waals surface area contributed by atoms with Crippen LogP contribution in [-0.2, 0) is 29.2 Å². The molecular weight excluding hydrogens is 508 g/mol. The van der Waals surface area contributed by atoms with Gasteiger partial charge < -0.3 is 14.8 Å². The monoisotopic (exact) mass is 525 g/mol. The van der Waals surface area contributed by atoms with Crippen molar-refractivity contribution in [2.24, 2.45) is 0 Å². The van der Waals surface area contributed by atoms with Crippen molar-refractivity contribution in [2.45, 2.75) is 32.0 Å². The molecule has 2 N–H and O–H groups in total. The third-order valence-corrected chi connectivity index (χ3v) is 5.01. The molecule has 0 spiro atoms. The van der Waals surface area contributed by atoms with Gasteiger partial charge in [-0.15, -0.1) is 11.3 Å². The molecule has 3 aromatic heterocycles. The maximum absolute atomic E-state index is 10.6. The minimum atomic E-state index is -5.08. The average molecular weight is 525 g/mol. The first kappa shape index (κ1) is 27.7. The zero-order chi connectivity index (χ0) is 26.2. The summed E-state index contributed by atoms with van der Waals surface area (Å²) in [6, 6.07) is 4.07. The van der Waals surface area contributed by atoms with Gasteiger partial charge in [-0.05, 0) is 12.1 Å². The maximum Gasteiger partial charge on any atom is 0.490 e. The molecule has 4 heterocycles. The van der Waals surface area contributed by atoms with Crippen LogP contribution in [0.2, 0.25) is 0 Å². The van der Waals surface area contributed by atoms with Crippen LogP contribution in [0.5, 0.6) is 0 Å². The summed E-state index contributed by atoms with van der Waals surface area (Å²) in [6.07, 6.45) is -2.68. The van der Waals surface area contributed by atoms with Crippen LogP contribution in [0, 0.1) is 0 Å². The molecule has 0 unspecified atom stereocenters. The Kier molecular flexibility index (Phi) is 9.30. The van der Waals surface area contributed by atoms with Crippen LogP contribution in [-0.4, -0.2) is 65.5 Å². The summed E-state index contributed by atoms with van der Waals surface area (Å²) in [5.41, 5.74) is 2.36. The second kappa shape index (κ2) is 11.7. The normalized spacial score (nSPS) is 13.5. The van der Waals surface area contributed by atoms with Crippen molar-refractivity contribution in [3.8, 4) is 11.3 Å². The zero-order valence-corrected chi connectivity index (χ0v) is 18.3. The minimum absolute atomic E-state index is 0.880. The standard InChI is InChI=1S/C15H15N5S.2C2HF3O2/c1-3-16-4-2-12(1)13-9-18-14-10-19(6-7-20(13)14)11-15-17-5-8-21-15;2*3-2(4,5)1(6)7/h1-5,8-9H,6-7,10-11H2;2*(H,6,7). The Labute approximate surface area is 197 Å². The predicted octanol–water partition coefficient (Wildman–Crippen LogP) is 3.68. The van der Waals surface area contributed by atoms with E-state index < -0.39 is 24.3 Å². The van der Waals surface area contributed by atoms with Gasteiger partial charge in [0, 0.05) is 42.6 Å². The lowest BCUT2D eigenvalue weighted by atomic mass is 10.2. The van der Waals surface area contributed by atoms with Gasteiger partial charge in [0.1, 0.15) is 10.8 Å². The first-order valence-electron chi connectivity index (χ1n) is 9.44. The highest BCUT2D eigenvalue weighted by molar-refractivity contribution is 7.09. The fraction of sp³-hybridized carbons (Fsp3) is 0.316. The number of nitrogens with zero attached hydrogens (tertiary/aromatic N) is 5. The number of rotatable bonds is 3. The Morgan fingerprint density at radius 2 is 1.51 bits per heavy atom. The first-order valence-corrected chi connectivity index (χ1v) is 10.3. The number of alkyl halides is 6. The summed E-state index contributed by atoms with van der Waals surface area (Å²) in [5, 5.41) is 17.5. The molecule has 9 nitrogen and oxygen atoms in total. The molecular formula is C19H17F6N5O4S. The number of aromatic nitrogens is 4. The second-order valence-corrected chi connectivity index (χ2v) is 7.67. The van der Waals surface area contributed by atoms with Crippen LogP contribution in [0.1, 0.15) is 10.8 Å². The van der Waals surface area contributed by atoms with E-state index >= 15 is 0 Å². The number of hydrogen-bond donors (Lipinski definition) is 2. The SMILES string of the molecule is O=C(O)C(F)(F)F.O=C(O)C(F)(F)F.c1cc(-c2cnc3n2CCN(Cc2nccs2)C3)ccn1. The Morgan fingerprint density at radius 1 is 0.943 bits per heavy atom. The number of fused-ring (bicyclic) bond motifs is 1. The molecule has 1 aliphatic rings. The van der Waals surface area contributed by atoms with Crippen molar-refractivity contribution in [2.75, 3.05) is 6.54 Å². The number of hydrogen-bond acceptors (Lipinski definition) is 7. The molecule has 0 amide bonds. The van der Waals surface area contributed by atoms with E-state index in [0.29, 0.717) is 0 Å². The molecule has 0 radical (unpaired) electrons. The topological polar surface area (TPSA) is 121 Å². The largest absolute Gasteiger partial charge is 0.490 e. The van der Waals surface area contributed by atoms with Gasteiger partial charge in [0.15, 0.2) is 0 Å². The van der Waals surface area contributed by atoms with Gasteiger partial charge in [-0.3, -0.25) is 9.88 Å². The highest BCUT2D eigenvalue weighted by Gasteiger charge is 2.38. The number of halogens is 6. The van der Waals surface area contributed by atoms with Crippen molar-refractivity contribution < 1.29 is 46.1 Å². The minimum Gasteiger partial charge on any atom is -0.475 e. The molecule has 190 valence electrons. The van der Waals surface area contributed by atoms with Gasteiger partial charge in [-0.25, -0.2) is 19.6 Å². The highest BCUT2D eigenvalue weighted by atomic mass is 32.1. The van der Waals surface area contributed by atoms with Gasteiger partial charge in [0.05, 0.1) is 25.0 Å². The van der Waals surface area contributed by atoms with E-state index in [4.69, 9.17) is 19.8 Å². The number of imidazole rings is 1. The van der Waals surface area contributed by atoms with Crippen molar-refractivity contribution in [1.82, 2.24) is 24.4 Å². The van der Waals surface area contributed by atoms with Crippen molar-refractivity contribution in [3.05, 3.63) is 53.1 Å². The van der Waals surface area contributed by atoms with Gasteiger partial charge >= 0.3 is 24.3 Å². The molecule has 0 atom stereocenters. The molecule has 16 heteroatoms. The summed E-state index contributed by atoms with van der Waals surface area (Å²) < 4.78 is 65.8. The lowest BCUT2D eigenvalue weighted by Crippen LogP contribution is -2.33. The molecule has 0 fully saturated rings. The second-order valence-electron chi connectivity index (χ2n) is 6.69. The number of carbonyl (C=O) groups is 2. The van der Waals surface area contributed by atoms with Crippen LogP contribution < -0.4 is 0 Å². The Hall–Kier alpha value is -3.53. The quantitative estimate of drug-likeness (QED) is 0.497. The van der Waals surface area contributed by atoms with Crippen LogP contribution in [0.3, 0.4) is 0 Å². The first-order chi connectivity index (χ1) is 16.3. The number of carboxylic acids is 2. The Balaban J connectivity index is 0.000000257. The van der Waals surface area contributed by atoms with Crippen LogP contribution in [0.15, 0.2) is 42.3 Å². The van der Waals surface area contributed by atoms with E-state index in [0.717, 1.165) is 32.0 Å². The van der Waals surface area contributed by atoms with Crippen LogP contribution >= 0.6 is 11.3 Å². The van der Waals surface area contributed by atoms with E-state index in [9.17, 15) is 26.3 Å². The van der Waals surface area contributed by atoms with Crippen LogP contribution in [0.25, 0.3) is 11.3 Å². The van der Waals surface area contributed by atoms with Crippen molar-refractivity contribution in [3.63, 3.8) is 0 Å². The predicted molar refractivity (Wildman–Crippen MR) is 109 cm³/mol. The molecule has 0 bridgehead atoms. The number of carboxylic acid groups (broad SMARTS) is 2. The third kappa shape index (κ3) is 8.64. The number of aliphatic carboxylic acids is 2. The third-order valence-electron chi connectivity index (χ3n) is 4.25. The summed E-state index contributed by atoms with van der Waals surface area (Å²) in [4.78, 5) is 33.2. The zero-order valence-electron chi connectivity index (χ0n) is 17.5. The van der Waals surface area contributed by atoms with Gasteiger partial charge in [-0.1, -0.05) is 0 Å².